The fourth-order valence-corrected chi connectivity index (χ4v) is 4.73. The van der Waals surface area contributed by atoms with Crippen LogP contribution >= 0.6 is 11.6 Å². The summed E-state index contributed by atoms with van der Waals surface area (Å²) >= 11 is 6.12. The van der Waals surface area contributed by atoms with Gasteiger partial charge in [0.15, 0.2) is 0 Å². The quantitative estimate of drug-likeness (QED) is 0.528. The Kier molecular flexibility index (Phi) is 7.06. The van der Waals surface area contributed by atoms with Crippen molar-refractivity contribution in [2.24, 2.45) is 0 Å². The number of amides is 1. The van der Waals surface area contributed by atoms with Crippen LogP contribution in [-0.4, -0.2) is 33.4 Å². The third-order valence-corrected chi connectivity index (χ3v) is 6.62. The van der Waals surface area contributed by atoms with Crippen LogP contribution in [0.4, 0.5) is 10.1 Å². The van der Waals surface area contributed by atoms with Gasteiger partial charge in [-0.1, -0.05) is 29.3 Å². The molecule has 0 aliphatic rings. The lowest BCUT2D eigenvalue weighted by Gasteiger charge is -2.20. The molecule has 0 unspecified atom stereocenters. The fraction of sp³-hybridized carbons (Fsp3) is 0.174. The van der Waals surface area contributed by atoms with Crippen LogP contribution in [0.25, 0.3) is 0 Å². The molecule has 3 rings (SSSR count). The zero-order valence-corrected chi connectivity index (χ0v) is 19.3. The van der Waals surface area contributed by atoms with Crippen LogP contribution in [0.2, 0.25) is 5.02 Å². The Bertz CT molecular complexity index is 1250. The number of hydrogen-bond acceptors (Lipinski definition) is 4. The van der Waals surface area contributed by atoms with E-state index in [1.165, 1.54) is 35.2 Å². The van der Waals surface area contributed by atoms with E-state index in [0.717, 1.165) is 23.3 Å². The second kappa shape index (κ2) is 9.58. The molecule has 0 saturated carbocycles. The zero-order chi connectivity index (χ0) is 23.5. The third-order valence-electron chi connectivity index (χ3n) is 4.75. The van der Waals surface area contributed by atoms with Gasteiger partial charge in [-0.05, 0) is 55.5 Å². The lowest BCUT2D eigenvalue weighted by Crippen LogP contribution is -2.27. The number of nitrogens with zero attached hydrogens (tertiary/aromatic N) is 1. The smallest absolute Gasteiger partial charge is 0.263 e. The average molecular weight is 477 g/mol. The third kappa shape index (κ3) is 5.38. The summed E-state index contributed by atoms with van der Waals surface area (Å²) < 4.78 is 46.5. The lowest BCUT2D eigenvalue weighted by atomic mass is 10.1. The Morgan fingerprint density at radius 1 is 1.09 bits per heavy atom. The molecular formula is C23H22ClFN2O4S. The van der Waals surface area contributed by atoms with Crippen LogP contribution in [0.5, 0.6) is 5.75 Å². The number of benzene rings is 3. The van der Waals surface area contributed by atoms with E-state index in [2.05, 4.69) is 4.72 Å². The van der Waals surface area contributed by atoms with Crippen LogP contribution in [0, 0.1) is 12.7 Å². The van der Waals surface area contributed by atoms with E-state index >= 15 is 0 Å². The molecular weight excluding hydrogens is 455 g/mol. The maximum Gasteiger partial charge on any atom is 0.263 e. The molecule has 1 N–H and O–H groups in total. The number of aryl methyl sites for hydroxylation is 1. The van der Waals surface area contributed by atoms with Crippen molar-refractivity contribution in [3.63, 3.8) is 0 Å². The standard InChI is InChI=1S/C23H22ClFN2O4S/c1-15-4-11-21(31-3)17(12-15)14-27(2)23(28)16-5-10-20(24)22(13-16)32(29,30)26-19-8-6-18(25)7-9-19/h4-13,26H,14H2,1-3H3. The molecule has 0 radical (unpaired) electrons. The van der Waals surface area contributed by atoms with Crippen molar-refractivity contribution in [3.8, 4) is 5.75 Å². The Balaban J connectivity index is 1.86. The Morgan fingerprint density at radius 2 is 1.78 bits per heavy atom. The monoisotopic (exact) mass is 476 g/mol. The first-order valence-electron chi connectivity index (χ1n) is 9.57. The molecule has 0 fully saturated rings. The number of methoxy groups -OCH3 is 1. The zero-order valence-electron chi connectivity index (χ0n) is 17.7. The number of sulfonamides is 1. The van der Waals surface area contributed by atoms with Crippen molar-refractivity contribution in [2.45, 2.75) is 18.4 Å². The second-order valence-corrected chi connectivity index (χ2v) is 9.29. The van der Waals surface area contributed by atoms with Crippen molar-refractivity contribution in [1.82, 2.24) is 4.90 Å². The highest BCUT2D eigenvalue weighted by Gasteiger charge is 2.22. The second-order valence-electron chi connectivity index (χ2n) is 7.23. The minimum atomic E-state index is -4.11. The maximum atomic E-state index is 13.1. The van der Waals surface area contributed by atoms with Gasteiger partial charge in [0, 0.05) is 30.4 Å². The summed E-state index contributed by atoms with van der Waals surface area (Å²) in [6, 6.07) is 14.6. The van der Waals surface area contributed by atoms with Gasteiger partial charge in [-0.2, -0.15) is 0 Å². The van der Waals surface area contributed by atoms with E-state index in [-0.39, 0.29) is 33.6 Å². The molecule has 0 spiro atoms. The average Bonchev–Trinajstić information content (AvgIpc) is 2.75. The molecule has 3 aromatic rings. The first kappa shape index (κ1) is 23.6. The summed E-state index contributed by atoms with van der Waals surface area (Å²) in [5.41, 5.74) is 2.17. The highest BCUT2D eigenvalue weighted by atomic mass is 35.5. The minimum absolute atomic E-state index is 0.0424. The molecule has 0 aromatic heterocycles. The van der Waals surface area contributed by atoms with Gasteiger partial charge in [0.25, 0.3) is 15.9 Å². The molecule has 0 aliphatic heterocycles. The SMILES string of the molecule is COc1ccc(C)cc1CN(C)C(=O)c1ccc(Cl)c(S(=O)(=O)Nc2ccc(F)cc2)c1. The van der Waals surface area contributed by atoms with Gasteiger partial charge >= 0.3 is 0 Å². The number of hydrogen-bond donors (Lipinski definition) is 1. The fourth-order valence-electron chi connectivity index (χ4n) is 3.15. The minimum Gasteiger partial charge on any atom is -0.496 e. The molecule has 32 heavy (non-hydrogen) atoms. The number of carbonyl (C=O) groups excluding carboxylic acids is 1. The molecule has 1 amide bonds. The van der Waals surface area contributed by atoms with E-state index in [9.17, 15) is 17.6 Å². The summed E-state index contributed by atoms with van der Waals surface area (Å²) in [6.07, 6.45) is 0. The van der Waals surface area contributed by atoms with Gasteiger partial charge < -0.3 is 9.64 Å². The van der Waals surface area contributed by atoms with Gasteiger partial charge in [0.2, 0.25) is 0 Å². The normalized spacial score (nSPS) is 11.2. The van der Waals surface area contributed by atoms with E-state index in [1.807, 2.05) is 25.1 Å². The number of rotatable bonds is 7. The number of halogens is 2. The molecule has 3 aromatic carbocycles. The molecule has 6 nitrogen and oxygen atoms in total. The molecule has 0 aliphatic carbocycles. The first-order valence-corrected chi connectivity index (χ1v) is 11.4. The van der Waals surface area contributed by atoms with Crippen LogP contribution < -0.4 is 9.46 Å². The van der Waals surface area contributed by atoms with E-state index in [4.69, 9.17) is 16.3 Å². The number of nitrogens with one attached hydrogen (secondary N) is 1. The first-order chi connectivity index (χ1) is 15.1. The van der Waals surface area contributed by atoms with Gasteiger partial charge in [0.05, 0.1) is 12.1 Å². The topological polar surface area (TPSA) is 75.7 Å². The predicted octanol–water partition coefficient (Wildman–Crippen LogP) is 4.87. The molecule has 0 heterocycles. The summed E-state index contributed by atoms with van der Waals surface area (Å²) in [4.78, 5) is 14.2. The highest BCUT2D eigenvalue weighted by molar-refractivity contribution is 7.92. The largest absolute Gasteiger partial charge is 0.496 e. The van der Waals surface area contributed by atoms with Crippen LogP contribution in [-0.2, 0) is 16.6 Å². The summed E-state index contributed by atoms with van der Waals surface area (Å²) in [7, 11) is -0.938. The number of anilines is 1. The molecule has 0 atom stereocenters. The van der Waals surface area contributed by atoms with Crippen molar-refractivity contribution < 1.29 is 22.3 Å². The van der Waals surface area contributed by atoms with Gasteiger partial charge in [0.1, 0.15) is 16.5 Å². The van der Waals surface area contributed by atoms with Crippen molar-refractivity contribution >= 4 is 33.2 Å². The van der Waals surface area contributed by atoms with Crippen LogP contribution in [0.15, 0.2) is 65.6 Å². The van der Waals surface area contributed by atoms with Crippen molar-refractivity contribution in [1.29, 1.82) is 0 Å². The number of carbonyl (C=O) groups is 1. The summed E-state index contributed by atoms with van der Waals surface area (Å²) in [5, 5.41) is -0.0424. The number of ether oxygens (including phenoxy) is 1. The van der Waals surface area contributed by atoms with E-state index < -0.39 is 15.8 Å². The molecule has 0 saturated heterocycles. The molecule has 0 bridgehead atoms. The molecule has 9 heteroatoms. The van der Waals surface area contributed by atoms with Crippen molar-refractivity contribution in [3.05, 3.63) is 88.2 Å². The van der Waals surface area contributed by atoms with E-state index in [0.29, 0.717) is 5.75 Å². The molecule has 168 valence electrons. The Morgan fingerprint density at radius 3 is 2.44 bits per heavy atom. The summed E-state index contributed by atoms with van der Waals surface area (Å²) in [5.74, 6) is -0.228. The highest BCUT2D eigenvalue weighted by Crippen LogP contribution is 2.27. The van der Waals surface area contributed by atoms with Gasteiger partial charge in [-0.3, -0.25) is 9.52 Å². The predicted molar refractivity (Wildman–Crippen MR) is 122 cm³/mol. The van der Waals surface area contributed by atoms with Crippen molar-refractivity contribution in [2.75, 3.05) is 18.9 Å². The van der Waals surface area contributed by atoms with E-state index in [1.54, 1.807) is 14.2 Å². The Hall–Kier alpha value is -3.10. The maximum absolute atomic E-state index is 13.1. The van der Waals surface area contributed by atoms with Gasteiger partial charge in [-0.15, -0.1) is 0 Å². The Labute approximate surface area is 191 Å². The van der Waals surface area contributed by atoms with Crippen LogP contribution in [0.3, 0.4) is 0 Å². The van der Waals surface area contributed by atoms with Crippen LogP contribution in [0.1, 0.15) is 21.5 Å². The lowest BCUT2D eigenvalue weighted by molar-refractivity contribution is 0.0784. The van der Waals surface area contributed by atoms with Gasteiger partial charge in [-0.25, -0.2) is 12.8 Å². The summed E-state index contributed by atoms with van der Waals surface area (Å²) in [6.45, 7) is 2.21.